The molecule has 0 bridgehead atoms. The van der Waals surface area contributed by atoms with E-state index in [0.29, 0.717) is 10.7 Å². The number of hydrogen-bond acceptors (Lipinski definition) is 1. The number of aryl methyl sites for hydroxylation is 2. The van der Waals surface area contributed by atoms with Crippen LogP contribution in [-0.2, 0) is 4.79 Å². The molecule has 0 saturated heterocycles. The van der Waals surface area contributed by atoms with Gasteiger partial charge in [-0.15, -0.1) is 0 Å². The molecule has 1 amide bonds. The number of anilines is 1. The van der Waals surface area contributed by atoms with Crippen LogP contribution in [0.25, 0.3) is 0 Å². The van der Waals surface area contributed by atoms with Gasteiger partial charge in [0.1, 0.15) is 0 Å². The van der Waals surface area contributed by atoms with Gasteiger partial charge in [-0.25, -0.2) is 0 Å². The van der Waals surface area contributed by atoms with E-state index in [4.69, 9.17) is 11.6 Å². The lowest BCUT2D eigenvalue weighted by Crippen LogP contribution is -2.27. The van der Waals surface area contributed by atoms with Gasteiger partial charge in [0.15, 0.2) is 0 Å². The number of halogens is 1. The zero-order valence-electron chi connectivity index (χ0n) is 11.0. The molecule has 2 nitrogen and oxygen atoms in total. The Balaban J connectivity index is 3.54. The molecule has 0 aliphatic carbocycles. The zero-order chi connectivity index (χ0) is 13.3. The van der Waals surface area contributed by atoms with Crippen LogP contribution >= 0.6 is 11.6 Å². The molecule has 0 spiro atoms. The molecule has 92 valence electrons. The third kappa shape index (κ3) is 2.52. The van der Waals surface area contributed by atoms with Gasteiger partial charge >= 0.3 is 0 Å². The summed E-state index contributed by atoms with van der Waals surface area (Å²) in [6.45, 7) is 13.1. The topological polar surface area (TPSA) is 20.3 Å². The SMILES string of the molecule is C=C(C)N(C(C)=O)c1c(C)cc(C)c(Cl)c1C. The van der Waals surface area contributed by atoms with Gasteiger partial charge in [-0.1, -0.05) is 24.2 Å². The minimum Gasteiger partial charge on any atom is -0.285 e. The highest BCUT2D eigenvalue weighted by atomic mass is 35.5. The number of nitrogens with zero attached hydrogens (tertiary/aromatic N) is 1. The van der Waals surface area contributed by atoms with E-state index in [1.165, 1.54) is 6.92 Å². The summed E-state index contributed by atoms with van der Waals surface area (Å²) >= 11 is 6.24. The average molecular weight is 252 g/mol. The fraction of sp³-hybridized carbons (Fsp3) is 0.357. The summed E-state index contributed by atoms with van der Waals surface area (Å²) in [5.74, 6) is -0.0522. The van der Waals surface area contributed by atoms with E-state index >= 15 is 0 Å². The van der Waals surface area contributed by atoms with Gasteiger partial charge in [0.2, 0.25) is 5.91 Å². The van der Waals surface area contributed by atoms with E-state index in [2.05, 4.69) is 6.58 Å². The Morgan fingerprint density at radius 1 is 1.24 bits per heavy atom. The van der Waals surface area contributed by atoms with Crippen molar-refractivity contribution in [1.29, 1.82) is 0 Å². The Bertz CT molecular complexity index is 477. The Morgan fingerprint density at radius 2 is 1.76 bits per heavy atom. The lowest BCUT2D eigenvalue weighted by molar-refractivity contribution is -0.116. The van der Waals surface area contributed by atoms with Gasteiger partial charge in [0.05, 0.1) is 5.69 Å². The first-order chi connectivity index (χ1) is 7.77. The average Bonchev–Trinajstić information content (AvgIpc) is 2.19. The Kier molecular flexibility index (Phi) is 3.99. The highest BCUT2D eigenvalue weighted by Gasteiger charge is 2.19. The van der Waals surface area contributed by atoms with Gasteiger partial charge < -0.3 is 0 Å². The van der Waals surface area contributed by atoms with Crippen LogP contribution < -0.4 is 4.90 Å². The van der Waals surface area contributed by atoms with Crippen LogP contribution in [0.15, 0.2) is 18.3 Å². The van der Waals surface area contributed by atoms with E-state index in [-0.39, 0.29) is 5.91 Å². The zero-order valence-corrected chi connectivity index (χ0v) is 11.8. The van der Waals surface area contributed by atoms with Crippen LogP contribution in [0.1, 0.15) is 30.5 Å². The van der Waals surface area contributed by atoms with E-state index in [9.17, 15) is 4.79 Å². The maximum absolute atomic E-state index is 11.7. The first-order valence-electron chi connectivity index (χ1n) is 5.49. The van der Waals surface area contributed by atoms with E-state index in [1.807, 2.05) is 33.8 Å². The maximum atomic E-state index is 11.7. The largest absolute Gasteiger partial charge is 0.285 e. The van der Waals surface area contributed by atoms with Crippen LogP contribution in [-0.4, -0.2) is 5.91 Å². The summed E-state index contributed by atoms with van der Waals surface area (Å²) in [5.41, 5.74) is 4.52. The minimum atomic E-state index is -0.0522. The molecule has 0 aromatic heterocycles. The molecule has 1 rings (SSSR count). The second-order valence-corrected chi connectivity index (χ2v) is 4.77. The maximum Gasteiger partial charge on any atom is 0.228 e. The smallest absolute Gasteiger partial charge is 0.228 e. The van der Waals surface area contributed by atoms with E-state index in [0.717, 1.165) is 22.4 Å². The van der Waals surface area contributed by atoms with Gasteiger partial charge in [-0.2, -0.15) is 0 Å². The Morgan fingerprint density at radius 3 is 2.18 bits per heavy atom. The molecule has 0 unspecified atom stereocenters. The van der Waals surface area contributed by atoms with Gasteiger partial charge in [0.25, 0.3) is 0 Å². The molecular weight excluding hydrogens is 234 g/mol. The molecule has 17 heavy (non-hydrogen) atoms. The van der Waals surface area contributed by atoms with Crippen LogP contribution in [0.4, 0.5) is 5.69 Å². The van der Waals surface area contributed by atoms with Gasteiger partial charge in [-0.05, 0) is 44.4 Å². The summed E-state index contributed by atoms with van der Waals surface area (Å²) < 4.78 is 0. The molecule has 1 aromatic carbocycles. The lowest BCUT2D eigenvalue weighted by Gasteiger charge is -2.26. The van der Waals surface area contributed by atoms with Crippen molar-refractivity contribution in [3.05, 3.63) is 40.1 Å². The van der Waals surface area contributed by atoms with Crippen molar-refractivity contribution in [3.63, 3.8) is 0 Å². The van der Waals surface area contributed by atoms with Crippen LogP contribution in [0.3, 0.4) is 0 Å². The summed E-state index contributed by atoms with van der Waals surface area (Å²) in [7, 11) is 0. The fourth-order valence-corrected chi connectivity index (χ4v) is 2.26. The molecule has 0 radical (unpaired) electrons. The van der Waals surface area contributed by atoms with Gasteiger partial charge in [-0.3, -0.25) is 9.69 Å². The second-order valence-electron chi connectivity index (χ2n) is 4.39. The summed E-state index contributed by atoms with van der Waals surface area (Å²) in [6, 6.07) is 1.99. The monoisotopic (exact) mass is 251 g/mol. The third-order valence-corrected chi connectivity index (χ3v) is 3.34. The van der Waals surface area contributed by atoms with Crippen molar-refractivity contribution in [2.45, 2.75) is 34.6 Å². The quantitative estimate of drug-likeness (QED) is 0.773. The van der Waals surface area contributed by atoms with E-state index in [1.54, 1.807) is 4.90 Å². The summed E-state index contributed by atoms with van der Waals surface area (Å²) in [6.07, 6.45) is 0. The molecule has 0 heterocycles. The number of carbonyl (C=O) groups excluding carboxylic acids is 1. The number of carbonyl (C=O) groups is 1. The highest BCUT2D eigenvalue weighted by molar-refractivity contribution is 6.32. The molecule has 3 heteroatoms. The predicted molar refractivity (Wildman–Crippen MR) is 73.6 cm³/mol. The number of hydrogen-bond donors (Lipinski definition) is 0. The van der Waals surface area contributed by atoms with Crippen LogP contribution in [0.5, 0.6) is 0 Å². The van der Waals surface area contributed by atoms with Crippen LogP contribution in [0.2, 0.25) is 5.02 Å². The molecule has 0 atom stereocenters. The standard InChI is InChI=1S/C14H18ClNO/c1-8(2)16(12(6)17)14-10(4)7-9(3)13(15)11(14)5/h7H,1H2,2-6H3. The van der Waals surface area contributed by atoms with Crippen molar-refractivity contribution in [2.75, 3.05) is 4.90 Å². The number of rotatable bonds is 2. The first kappa shape index (κ1) is 13.8. The van der Waals surface area contributed by atoms with Gasteiger partial charge in [0, 0.05) is 17.6 Å². The molecule has 1 aromatic rings. The summed E-state index contributed by atoms with van der Waals surface area (Å²) in [4.78, 5) is 13.3. The highest BCUT2D eigenvalue weighted by Crippen LogP contribution is 2.34. The third-order valence-electron chi connectivity index (χ3n) is 2.76. The number of benzene rings is 1. The normalized spacial score (nSPS) is 10.2. The molecular formula is C14H18ClNO. The first-order valence-corrected chi connectivity index (χ1v) is 5.87. The number of amides is 1. The molecule has 0 aliphatic heterocycles. The Labute approximate surface area is 108 Å². The molecule has 0 fully saturated rings. The Hall–Kier alpha value is -1.28. The van der Waals surface area contributed by atoms with Crippen molar-refractivity contribution < 1.29 is 4.79 Å². The van der Waals surface area contributed by atoms with E-state index < -0.39 is 0 Å². The fourth-order valence-electron chi connectivity index (χ4n) is 2.11. The minimum absolute atomic E-state index is 0.0522. The summed E-state index contributed by atoms with van der Waals surface area (Å²) in [5, 5.41) is 0.707. The molecule has 0 saturated carbocycles. The number of allylic oxidation sites excluding steroid dienone is 1. The molecule has 0 N–H and O–H groups in total. The predicted octanol–water partition coefficient (Wildman–Crippen LogP) is 4.15. The van der Waals surface area contributed by atoms with Crippen molar-refractivity contribution >= 4 is 23.2 Å². The van der Waals surface area contributed by atoms with Crippen LogP contribution in [0, 0.1) is 20.8 Å². The van der Waals surface area contributed by atoms with Crippen molar-refractivity contribution in [1.82, 2.24) is 0 Å². The molecule has 0 aliphatic rings. The lowest BCUT2D eigenvalue weighted by atomic mass is 10.0. The second kappa shape index (κ2) is 4.92. The van der Waals surface area contributed by atoms with Crippen molar-refractivity contribution in [3.8, 4) is 0 Å². The van der Waals surface area contributed by atoms with Crippen molar-refractivity contribution in [2.24, 2.45) is 0 Å².